The minimum Gasteiger partial charge on any atom is -0.394 e. The van der Waals surface area contributed by atoms with Gasteiger partial charge in [-0.15, -0.1) is 0 Å². The van der Waals surface area contributed by atoms with Gasteiger partial charge in [-0.3, -0.25) is 0 Å². The standard InChI is InChI=1S/C18H40N2O/c1-7-17(8-2)14-20(9-3)13-11-10-12-18(6,15-21)19-16(4)5/h16-17,19,21H,7-15H2,1-6H3. The Bertz CT molecular complexity index is 241. The van der Waals surface area contributed by atoms with Gasteiger partial charge in [-0.05, 0) is 38.8 Å². The van der Waals surface area contributed by atoms with Crippen molar-refractivity contribution in [1.29, 1.82) is 0 Å². The van der Waals surface area contributed by atoms with Gasteiger partial charge in [0.1, 0.15) is 0 Å². The van der Waals surface area contributed by atoms with Gasteiger partial charge in [0, 0.05) is 18.1 Å². The number of rotatable bonds is 13. The summed E-state index contributed by atoms with van der Waals surface area (Å²) in [5, 5.41) is 13.1. The molecule has 0 bridgehead atoms. The Hall–Kier alpha value is -0.120. The van der Waals surface area contributed by atoms with E-state index in [9.17, 15) is 5.11 Å². The predicted molar refractivity (Wildman–Crippen MR) is 93.8 cm³/mol. The Morgan fingerprint density at radius 2 is 1.71 bits per heavy atom. The van der Waals surface area contributed by atoms with Crippen molar-refractivity contribution in [3.63, 3.8) is 0 Å². The van der Waals surface area contributed by atoms with Crippen LogP contribution in [-0.2, 0) is 0 Å². The van der Waals surface area contributed by atoms with Crippen LogP contribution in [0.1, 0.15) is 73.6 Å². The third-order valence-electron chi connectivity index (χ3n) is 4.56. The highest BCUT2D eigenvalue weighted by molar-refractivity contribution is 4.83. The van der Waals surface area contributed by atoms with Gasteiger partial charge in [0.25, 0.3) is 0 Å². The van der Waals surface area contributed by atoms with E-state index in [0.29, 0.717) is 6.04 Å². The lowest BCUT2D eigenvalue weighted by atomic mass is 9.94. The largest absolute Gasteiger partial charge is 0.394 e. The lowest BCUT2D eigenvalue weighted by Crippen LogP contribution is -2.49. The molecule has 0 rings (SSSR count). The van der Waals surface area contributed by atoms with Gasteiger partial charge < -0.3 is 15.3 Å². The first kappa shape index (κ1) is 20.9. The number of aliphatic hydroxyl groups excluding tert-OH is 1. The topological polar surface area (TPSA) is 35.5 Å². The van der Waals surface area contributed by atoms with Gasteiger partial charge in [-0.2, -0.15) is 0 Å². The smallest absolute Gasteiger partial charge is 0.0610 e. The van der Waals surface area contributed by atoms with Crippen LogP contribution in [0.3, 0.4) is 0 Å². The molecule has 21 heavy (non-hydrogen) atoms. The van der Waals surface area contributed by atoms with Crippen LogP contribution in [-0.4, -0.2) is 47.8 Å². The summed E-state index contributed by atoms with van der Waals surface area (Å²) in [6, 6.07) is 0.421. The highest BCUT2D eigenvalue weighted by Crippen LogP contribution is 2.16. The van der Waals surface area contributed by atoms with Gasteiger partial charge in [0.2, 0.25) is 0 Å². The summed E-state index contributed by atoms with van der Waals surface area (Å²) >= 11 is 0. The van der Waals surface area contributed by atoms with Gasteiger partial charge in [0.15, 0.2) is 0 Å². The normalized spacial score (nSPS) is 15.1. The third kappa shape index (κ3) is 9.49. The van der Waals surface area contributed by atoms with E-state index in [-0.39, 0.29) is 12.1 Å². The summed E-state index contributed by atoms with van der Waals surface area (Å²) in [5.41, 5.74) is -0.124. The molecule has 0 saturated carbocycles. The summed E-state index contributed by atoms with van der Waals surface area (Å²) in [7, 11) is 0. The lowest BCUT2D eigenvalue weighted by molar-refractivity contribution is 0.151. The molecule has 0 amide bonds. The molecule has 128 valence electrons. The van der Waals surface area contributed by atoms with Gasteiger partial charge in [-0.1, -0.05) is 53.9 Å². The van der Waals surface area contributed by atoms with E-state index >= 15 is 0 Å². The molecule has 0 aliphatic carbocycles. The van der Waals surface area contributed by atoms with E-state index in [1.807, 2.05) is 0 Å². The van der Waals surface area contributed by atoms with Crippen LogP contribution >= 0.6 is 0 Å². The molecular weight excluding hydrogens is 260 g/mol. The fraction of sp³-hybridized carbons (Fsp3) is 1.00. The first-order valence-electron chi connectivity index (χ1n) is 9.01. The second kappa shape index (κ2) is 11.4. The average molecular weight is 301 g/mol. The monoisotopic (exact) mass is 300 g/mol. The van der Waals surface area contributed by atoms with Crippen LogP contribution in [0.15, 0.2) is 0 Å². The molecule has 0 saturated heterocycles. The Morgan fingerprint density at radius 1 is 1.10 bits per heavy atom. The lowest BCUT2D eigenvalue weighted by Gasteiger charge is -2.32. The first-order valence-corrected chi connectivity index (χ1v) is 9.01. The number of aliphatic hydroxyl groups is 1. The quantitative estimate of drug-likeness (QED) is 0.510. The maximum Gasteiger partial charge on any atom is 0.0610 e. The molecule has 0 fully saturated rings. The Balaban J connectivity index is 4.04. The fourth-order valence-electron chi connectivity index (χ4n) is 3.03. The van der Waals surface area contributed by atoms with Crippen LogP contribution in [0, 0.1) is 5.92 Å². The Morgan fingerprint density at radius 3 is 2.14 bits per heavy atom. The van der Waals surface area contributed by atoms with Crippen molar-refractivity contribution >= 4 is 0 Å². The van der Waals surface area contributed by atoms with Crippen molar-refractivity contribution < 1.29 is 5.11 Å². The van der Waals surface area contributed by atoms with E-state index in [4.69, 9.17) is 0 Å². The van der Waals surface area contributed by atoms with Crippen LogP contribution in [0.4, 0.5) is 0 Å². The Labute approximate surface area is 133 Å². The van der Waals surface area contributed by atoms with Crippen molar-refractivity contribution in [2.24, 2.45) is 5.92 Å². The summed E-state index contributed by atoms with van der Waals surface area (Å²) in [6.07, 6.45) is 6.02. The Kier molecular flexibility index (Phi) is 11.4. The molecule has 2 N–H and O–H groups in total. The predicted octanol–water partition coefficient (Wildman–Crippen LogP) is 3.66. The molecule has 1 atom stereocenters. The zero-order chi connectivity index (χ0) is 16.3. The highest BCUT2D eigenvalue weighted by atomic mass is 16.3. The van der Waals surface area contributed by atoms with Gasteiger partial charge >= 0.3 is 0 Å². The van der Waals surface area contributed by atoms with E-state index < -0.39 is 0 Å². The van der Waals surface area contributed by atoms with Crippen LogP contribution in [0.5, 0.6) is 0 Å². The van der Waals surface area contributed by atoms with Crippen molar-refractivity contribution in [2.45, 2.75) is 85.2 Å². The maximum atomic E-state index is 9.60. The van der Waals surface area contributed by atoms with Gasteiger partial charge in [0.05, 0.1) is 6.61 Å². The number of hydrogen-bond donors (Lipinski definition) is 2. The second-order valence-electron chi connectivity index (χ2n) is 7.05. The summed E-state index contributed by atoms with van der Waals surface area (Å²) in [4.78, 5) is 2.59. The van der Waals surface area contributed by atoms with E-state index in [2.05, 4.69) is 51.8 Å². The molecule has 3 nitrogen and oxygen atoms in total. The summed E-state index contributed by atoms with van der Waals surface area (Å²) in [5.74, 6) is 0.843. The van der Waals surface area contributed by atoms with Crippen molar-refractivity contribution in [3.05, 3.63) is 0 Å². The molecule has 1 unspecified atom stereocenters. The molecule has 0 radical (unpaired) electrons. The van der Waals surface area contributed by atoms with Crippen molar-refractivity contribution in [2.75, 3.05) is 26.2 Å². The first-order chi connectivity index (χ1) is 9.90. The number of unbranched alkanes of at least 4 members (excludes halogenated alkanes) is 1. The third-order valence-corrected chi connectivity index (χ3v) is 4.56. The molecular formula is C18H40N2O. The molecule has 0 aromatic carbocycles. The van der Waals surface area contributed by atoms with E-state index in [0.717, 1.165) is 18.9 Å². The van der Waals surface area contributed by atoms with E-state index in [1.165, 1.54) is 38.8 Å². The van der Waals surface area contributed by atoms with Crippen molar-refractivity contribution in [1.82, 2.24) is 10.2 Å². The molecule has 0 aromatic heterocycles. The molecule has 0 aromatic rings. The van der Waals surface area contributed by atoms with Crippen molar-refractivity contribution in [3.8, 4) is 0 Å². The zero-order valence-electron chi connectivity index (χ0n) is 15.4. The SMILES string of the molecule is CCC(CC)CN(CC)CCCCC(C)(CO)NC(C)C. The van der Waals surface area contributed by atoms with Crippen LogP contribution < -0.4 is 5.32 Å². The molecule has 0 aliphatic rings. The minimum atomic E-state index is -0.124. The molecule has 3 heteroatoms. The summed E-state index contributed by atoms with van der Waals surface area (Å²) in [6.45, 7) is 17.1. The molecule has 0 spiro atoms. The maximum absolute atomic E-state index is 9.60. The number of nitrogens with one attached hydrogen (secondary N) is 1. The van der Waals surface area contributed by atoms with Crippen LogP contribution in [0.2, 0.25) is 0 Å². The molecule has 0 aliphatic heterocycles. The number of hydrogen-bond acceptors (Lipinski definition) is 3. The highest BCUT2D eigenvalue weighted by Gasteiger charge is 2.23. The minimum absolute atomic E-state index is 0.124. The molecule has 0 heterocycles. The second-order valence-corrected chi connectivity index (χ2v) is 7.05. The summed E-state index contributed by atoms with van der Waals surface area (Å²) < 4.78 is 0. The van der Waals surface area contributed by atoms with Crippen LogP contribution in [0.25, 0.3) is 0 Å². The fourth-order valence-corrected chi connectivity index (χ4v) is 3.03. The van der Waals surface area contributed by atoms with Gasteiger partial charge in [-0.25, -0.2) is 0 Å². The number of nitrogens with zero attached hydrogens (tertiary/aromatic N) is 1. The zero-order valence-corrected chi connectivity index (χ0v) is 15.4. The van der Waals surface area contributed by atoms with E-state index in [1.54, 1.807) is 0 Å². The average Bonchev–Trinajstić information content (AvgIpc) is 2.46.